The molecule has 0 fully saturated rings. The molecule has 2 heterocycles. The molecule has 18 heavy (non-hydrogen) atoms. The number of carbonyl (C=O) groups excluding carboxylic acids is 1. The topological polar surface area (TPSA) is 46.1 Å². The highest BCUT2D eigenvalue weighted by Crippen LogP contribution is 2.40. The van der Waals surface area contributed by atoms with E-state index in [1.807, 2.05) is 19.9 Å². The molecule has 0 saturated heterocycles. The van der Waals surface area contributed by atoms with Gasteiger partial charge in [-0.3, -0.25) is 9.69 Å². The van der Waals surface area contributed by atoms with Gasteiger partial charge in [-0.15, -0.1) is 5.10 Å². The van der Waals surface area contributed by atoms with Gasteiger partial charge in [0.1, 0.15) is 0 Å². The van der Waals surface area contributed by atoms with Crippen LogP contribution in [0.1, 0.15) is 58.2 Å². The first-order chi connectivity index (χ1) is 8.39. The number of rotatable bonds is 3. The fraction of sp³-hybridized carbons (Fsp3) is 0.643. The third-order valence-electron chi connectivity index (χ3n) is 3.54. The minimum absolute atomic E-state index is 0.134. The Bertz CT molecular complexity index is 480. The van der Waals surface area contributed by atoms with Gasteiger partial charge in [-0.05, 0) is 32.3 Å². The van der Waals surface area contributed by atoms with Crippen LogP contribution in [0.2, 0.25) is 0 Å². The van der Waals surface area contributed by atoms with Crippen molar-refractivity contribution in [1.82, 2.24) is 10.2 Å². The molecular weight excluding hydrogens is 226 g/mol. The lowest BCUT2D eigenvalue weighted by atomic mass is 9.86. The van der Waals surface area contributed by atoms with Crippen molar-refractivity contribution in [2.24, 2.45) is 0 Å². The molecule has 0 radical (unpaired) electrons. The van der Waals surface area contributed by atoms with E-state index in [1.54, 1.807) is 4.90 Å². The smallest absolute Gasteiger partial charge is 0.238 e. The number of nitrogens with zero attached hydrogens (tertiary/aromatic N) is 3. The molecule has 1 aliphatic rings. The van der Waals surface area contributed by atoms with Crippen molar-refractivity contribution < 1.29 is 4.79 Å². The fourth-order valence-corrected chi connectivity index (χ4v) is 2.32. The molecule has 4 heteroatoms. The molecule has 0 atom stereocenters. The van der Waals surface area contributed by atoms with Gasteiger partial charge < -0.3 is 0 Å². The van der Waals surface area contributed by atoms with Crippen LogP contribution in [0.5, 0.6) is 0 Å². The minimum Gasteiger partial charge on any atom is -0.294 e. The summed E-state index contributed by atoms with van der Waals surface area (Å²) in [5.41, 5.74) is 1.48. The van der Waals surface area contributed by atoms with E-state index in [4.69, 9.17) is 0 Å². The standard InChI is InChI=1S/C14H21N3O/c1-6-7-17-12-10(14(4,5)13(17)18)8-11(9(2)3)15-16-12/h8-9H,6-7H2,1-5H3. The zero-order valence-electron chi connectivity index (χ0n) is 11.8. The van der Waals surface area contributed by atoms with Crippen molar-refractivity contribution in [3.8, 4) is 0 Å². The van der Waals surface area contributed by atoms with Gasteiger partial charge in [0.2, 0.25) is 5.91 Å². The Labute approximate surface area is 108 Å². The summed E-state index contributed by atoms with van der Waals surface area (Å²) >= 11 is 0. The summed E-state index contributed by atoms with van der Waals surface area (Å²) in [5, 5.41) is 8.52. The van der Waals surface area contributed by atoms with Crippen LogP contribution in [0.4, 0.5) is 5.82 Å². The van der Waals surface area contributed by atoms with Gasteiger partial charge in [0, 0.05) is 12.1 Å². The first-order valence-corrected chi connectivity index (χ1v) is 6.59. The summed E-state index contributed by atoms with van der Waals surface area (Å²) in [7, 11) is 0. The van der Waals surface area contributed by atoms with E-state index in [-0.39, 0.29) is 5.91 Å². The van der Waals surface area contributed by atoms with Gasteiger partial charge in [-0.1, -0.05) is 20.8 Å². The number of anilines is 1. The predicted molar refractivity (Wildman–Crippen MR) is 71.8 cm³/mol. The maximum absolute atomic E-state index is 12.4. The van der Waals surface area contributed by atoms with E-state index in [9.17, 15) is 4.79 Å². The molecular formula is C14H21N3O. The number of amides is 1. The molecule has 0 N–H and O–H groups in total. The van der Waals surface area contributed by atoms with E-state index in [0.717, 1.165) is 23.5 Å². The number of aromatic nitrogens is 2. The molecule has 0 aromatic carbocycles. The molecule has 98 valence electrons. The summed E-state index contributed by atoms with van der Waals surface area (Å²) < 4.78 is 0. The quantitative estimate of drug-likeness (QED) is 0.825. The summed E-state index contributed by atoms with van der Waals surface area (Å²) in [6.07, 6.45) is 0.925. The lowest BCUT2D eigenvalue weighted by molar-refractivity contribution is -0.122. The van der Waals surface area contributed by atoms with Crippen molar-refractivity contribution in [1.29, 1.82) is 0 Å². The van der Waals surface area contributed by atoms with Gasteiger partial charge >= 0.3 is 0 Å². The average Bonchev–Trinajstić information content (AvgIpc) is 2.51. The molecule has 0 aliphatic carbocycles. The molecule has 1 amide bonds. The van der Waals surface area contributed by atoms with Crippen molar-refractivity contribution in [2.75, 3.05) is 11.4 Å². The molecule has 1 aromatic heterocycles. The molecule has 1 aliphatic heterocycles. The Morgan fingerprint density at radius 2 is 2.00 bits per heavy atom. The van der Waals surface area contributed by atoms with Gasteiger partial charge in [-0.25, -0.2) is 0 Å². The molecule has 2 rings (SSSR count). The maximum atomic E-state index is 12.4. The second kappa shape index (κ2) is 4.34. The van der Waals surface area contributed by atoms with Gasteiger partial charge in [0.25, 0.3) is 0 Å². The second-order valence-electron chi connectivity index (χ2n) is 5.74. The summed E-state index contributed by atoms with van der Waals surface area (Å²) in [5.74, 6) is 1.21. The van der Waals surface area contributed by atoms with Gasteiger partial charge in [0.05, 0.1) is 11.1 Å². The van der Waals surface area contributed by atoms with Crippen LogP contribution in [0, 0.1) is 0 Å². The molecule has 0 spiro atoms. The largest absolute Gasteiger partial charge is 0.294 e. The average molecular weight is 247 g/mol. The van der Waals surface area contributed by atoms with Crippen molar-refractivity contribution in [2.45, 2.75) is 52.4 Å². The normalized spacial score (nSPS) is 17.4. The second-order valence-corrected chi connectivity index (χ2v) is 5.74. The highest BCUT2D eigenvalue weighted by molar-refractivity contribution is 6.06. The number of hydrogen-bond acceptors (Lipinski definition) is 3. The summed E-state index contributed by atoms with van der Waals surface area (Å²) in [6, 6.07) is 2.04. The molecule has 4 nitrogen and oxygen atoms in total. The van der Waals surface area contributed by atoms with Crippen molar-refractivity contribution in [3.05, 3.63) is 17.3 Å². The van der Waals surface area contributed by atoms with Crippen LogP contribution in [-0.4, -0.2) is 22.6 Å². The SMILES string of the molecule is CCCN1C(=O)C(C)(C)c2cc(C(C)C)nnc21. The summed E-state index contributed by atoms with van der Waals surface area (Å²) in [6.45, 7) is 10.9. The Hall–Kier alpha value is -1.45. The number of carbonyl (C=O) groups is 1. The Kier molecular flexibility index (Phi) is 3.13. The Morgan fingerprint density at radius 1 is 1.33 bits per heavy atom. The van der Waals surface area contributed by atoms with Crippen LogP contribution in [-0.2, 0) is 10.2 Å². The van der Waals surface area contributed by atoms with E-state index in [1.165, 1.54) is 0 Å². The van der Waals surface area contributed by atoms with Crippen molar-refractivity contribution in [3.63, 3.8) is 0 Å². The monoisotopic (exact) mass is 247 g/mol. The third-order valence-corrected chi connectivity index (χ3v) is 3.54. The van der Waals surface area contributed by atoms with Crippen molar-refractivity contribution >= 4 is 11.7 Å². The molecule has 1 aromatic rings. The zero-order valence-corrected chi connectivity index (χ0v) is 11.8. The van der Waals surface area contributed by atoms with E-state index in [2.05, 4.69) is 31.0 Å². The van der Waals surface area contributed by atoms with E-state index >= 15 is 0 Å². The van der Waals surface area contributed by atoms with Crippen LogP contribution in [0.3, 0.4) is 0 Å². The lowest BCUT2D eigenvalue weighted by Gasteiger charge is -2.18. The van der Waals surface area contributed by atoms with E-state index in [0.29, 0.717) is 12.5 Å². The van der Waals surface area contributed by atoms with Crippen LogP contribution in [0.25, 0.3) is 0 Å². The highest BCUT2D eigenvalue weighted by Gasteiger charge is 2.45. The van der Waals surface area contributed by atoms with Crippen LogP contribution in [0.15, 0.2) is 6.07 Å². The van der Waals surface area contributed by atoms with Gasteiger partial charge in [0.15, 0.2) is 5.82 Å². The first kappa shape index (κ1) is 13.0. The number of hydrogen-bond donors (Lipinski definition) is 0. The number of fused-ring (bicyclic) bond motifs is 1. The molecule has 0 saturated carbocycles. The Balaban J connectivity index is 2.53. The molecule has 0 unspecified atom stereocenters. The maximum Gasteiger partial charge on any atom is 0.238 e. The summed E-state index contributed by atoms with van der Waals surface area (Å²) in [4.78, 5) is 14.2. The predicted octanol–water partition coefficient (Wildman–Crippen LogP) is 2.63. The highest BCUT2D eigenvalue weighted by atomic mass is 16.2. The van der Waals surface area contributed by atoms with Crippen LogP contribution >= 0.6 is 0 Å². The first-order valence-electron chi connectivity index (χ1n) is 6.59. The van der Waals surface area contributed by atoms with Crippen LogP contribution < -0.4 is 4.90 Å². The third kappa shape index (κ3) is 1.80. The van der Waals surface area contributed by atoms with Gasteiger partial charge in [-0.2, -0.15) is 5.10 Å². The minimum atomic E-state index is -0.482. The lowest BCUT2D eigenvalue weighted by Crippen LogP contribution is -2.36. The molecule has 0 bridgehead atoms. The van der Waals surface area contributed by atoms with E-state index < -0.39 is 5.41 Å². The Morgan fingerprint density at radius 3 is 2.56 bits per heavy atom. The fourth-order valence-electron chi connectivity index (χ4n) is 2.32. The zero-order chi connectivity index (χ0) is 13.5.